The highest BCUT2D eigenvalue weighted by atomic mass is 32.1. The highest BCUT2D eigenvalue weighted by molar-refractivity contribution is 7.16. The number of aryl methyl sites for hydroxylation is 3. The molecule has 4 rings (SSSR count). The zero-order chi connectivity index (χ0) is 14.9. The first-order valence-electron chi connectivity index (χ1n) is 7.55. The van der Waals surface area contributed by atoms with Gasteiger partial charge in [-0.05, 0) is 54.2 Å². The Kier molecular flexibility index (Phi) is 3.39. The molecular formula is C18H17N3S. The Morgan fingerprint density at radius 1 is 1.09 bits per heavy atom. The van der Waals surface area contributed by atoms with Gasteiger partial charge in [0.1, 0.15) is 0 Å². The maximum Gasteiger partial charge on any atom is 0.211 e. The normalized spacial score (nSPS) is 15.0. The van der Waals surface area contributed by atoms with E-state index in [2.05, 4.69) is 51.2 Å². The van der Waals surface area contributed by atoms with Crippen molar-refractivity contribution < 1.29 is 0 Å². The Labute approximate surface area is 133 Å². The van der Waals surface area contributed by atoms with Crippen molar-refractivity contribution in [1.29, 1.82) is 0 Å². The van der Waals surface area contributed by atoms with Gasteiger partial charge in [0, 0.05) is 7.05 Å². The van der Waals surface area contributed by atoms with E-state index in [0.29, 0.717) is 0 Å². The third-order valence-electron chi connectivity index (χ3n) is 4.19. The van der Waals surface area contributed by atoms with E-state index in [4.69, 9.17) is 0 Å². The summed E-state index contributed by atoms with van der Waals surface area (Å²) in [7, 11) is 2.03. The number of para-hydroxylation sites is 1. The van der Waals surface area contributed by atoms with Crippen LogP contribution in [0, 0.1) is 0 Å². The number of aromatic nitrogens is 1. The number of rotatable bonds is 2. The van der Waals surface area contributed by atoms with E-state index in [1.54, 1.807) is 11.3 Å². The molecule has 2 aromatic carbocycles. The molecule has 0 spiro atoms. The Morgan fingerprint density at radius 3 is 2.86 bits per heavy atom. The van der Waals surface area contributed by atoms with Crippen molar-refractivity contribution in [2.75, 3.05) is 0 Å². The summed E-state index contributed by atoms with van der Waals surface area (Å²) in [5.74, 6) is 0. The molecule has 110 valence electrons. The van der Waals surface area contributed by atoms with Gasteiger partial charge in [-0.2, -0.15) is 5.10 Å². The van der Waals surface area contributed by atoms with E-state index in [-0.39, 0.29) is 0 Å². The average Bonchev–Trinajstić information content (AvgIpc) is 3.12. The molecule has 0 bridgehead atoms. The van der Waals surface area contributed by atoms with Crippen LogP contribution >= 0.6 is 11.3 Å². The van der Waals surface area contributed by atoms with Crippen LogP contribution in [0.1, 0.15) is 23.1 Å². The monoisotopic (exact) mass is 307 g/mol. The molecule has 0 N–H and O–H groups in total. The fourth-order valence-electron chi connectivity index (χ4n) is 2.99. The molecule has 22 heavy (non-hydrogen) atoms. The van der Waals surface area contributed by atoms with E-state index in [1.807, 2.05) is 19.3 Å². The van der Waals surface area contributed by atoms with Gasteiger partial charge in [-0.3, -0.25) is 0 Å². The summed E-state index contributed by atoms with van der Waals surface area (Å²) >= 11 is 1.66. The summed E-state index contributed by atoms with van der Waals surface area (Å²) in [6.45, 7) is 0. The van der Waals surface area contributed by atoms with Crippen LogP contribution in [0.25, 0.3) is 10.2 Å². The lowest BCUT2D eigenvalue weighted by Gasteiger charge is -1.99. The molecule has 3 aromatic rings. The van der Waals surface area contributed by atoms with Crippen molar-refractivity contribution in [1.82, 2.24) is 4.57 Å². The summed E-state index contributed by atoms with van der Waals surface area (Å²) in [5, 5.41) is 8.67. The van der Waals surface area contributed by atoms with Crippen LogP contribution in [-0.2, 0) is 19.9 Å². The highest BCUT2D eigenvalue weighted by Crippen LogP contribution is 2.22. The van der Waals surface area contributed by atoms with Crippen LogP contribution in [0.15, 0.2) is 52.7 Å². The van der Waals surface area contributed by atoms with Gasteiger partial charge in [-0.15, -0.1) is 5.10 Å². The van der Waals surface area contributed by atoms with Crippen LogP contribution in [0.3, 0.4) is 0 Å². The molecule has 0 saturated heterocycles. The van der Waals surface area contributed by atoms with E-state index in [1.165, 1.54) is 40.6 Å². The maximum atomic E-state index is 4.38. The molecule has 1 aliphatic rings. The maximum absolute atomic E-state index is 4.38. The van der Waals surface area contributed by atoms with Gasteiger partial charge >= 0.3 is 0 Å². The van der Waals surface area contributed by atoms with Gasteiger partial charge in [-0.1, -0.05) is 35.6 Å². The zero-order valence-corrected chi connectivity index (χ0v) is 13.3. The molecule has 0 unspecified atom stereocenters. The van der Waals surface area contributed by atoms with E-state index >= 15 is 0 Å². The molecular weight excluding hydrogens is 290 g/mol. The third-order valence-corrected chi connectivity index (χ3v) is 5.29. The van der Waals surface area contributed by atoms with Crippen molar-refractivity contribution in [2.45, 2.75) is 19.3 Å². The fraction of sp³-hybridized carbons (Fsp3) is 0.222. The van der Waals surface area contributed by atoms with E-state index < -0.39 is 0 Å². The van der Waals surface area contributed by atoms with Crippen molar-refractivity contribution in [2.24, 2.45) is 17.3 Å². The predicted molar refractivity (Wildman–Crippen MR) is 92.4 cm³/mol. The third kappa shape index (κ3) is 2.40. The second kappa shape index (κ2) is 5.54. The molecule has 4 heteroatoms. The minimum absolute atomic E-state index is 0.915. The number of hydrogen-bond acceptors (Lipinski definition) is 3. The summed E-state index contributed by atoms with van der Waals surface area (Å²) in [6, 6.07) is 14.9. The van der Waals surface area contributed by atoms with Gasteiger partial charge < -0.3 is 4.57 Å². The molecule has 0 atom stereocenters. The first kappa shape index (κ1) is 13.5. The molecule has 1 aromatic heterocycles. The second-order valence-corrected chi connectivity index (χ2v) is 6.65. The second-order valence-electron chi connectivity index (χ2n) is 5.64. The van der Waals surface area contributed by atoms with Gasteiger partial charge in [0.25, 0.3) is 0 Å². The van der Waals surface area contributed by atoms with Crippen LogP contribution in [0.5, 0.6) is 0 Å². The van der Waals surface area contributed by atoms with Gasteiger partial charge in [0.2, 0.25) is 4.80 Å². The highest BCUT2D eigenvalue weighted by Gasteiger charge is 2.09. The molecule has 0 aliphatic heterocycles. The van der Waals surface area contributed by atoms with Gasteiger partial charge in [0.05, 0.1) is 16.4 Å². The Balaban J connectivity index is 1.66. The van der Waals surface area contributed by atoms with E-state index in [9.17, 15) is 0 Å². The van der Waals surface area contributed by atoms with Crippen LogP contribution < -0.4 is 4.80 Å². The summed E-state index contributed by atoms with van der Waals surface area (Å²) in [5.41, 5.74) is 5.29. The van der Waals surface area contributed by atoms with Crippen molar-refractivity contribution in [3.8, 4) is 0 Å². The molecule has 1 heterocycles. The molecule has 1 aliphatic carbocycles. The molecule has 0 saturated carbocycles. The van der Waals surface area contributed by atoms with Crippen molar-refractivity contribution in [3.63, 3.8) is 0 Å². The van der Waals surface area contributed by atoms with Crippen molar-refractivity contribution >= 4 is 27.8 Å². The lowest BCUT2D eigenvalue weighted by molar-refractivity contribution is 0.889. The standard InChI is InChI=1S/C18H17N3S/c1-21-16-7-2-3-8-17(16)22-18(21)20-19-12-13-9-10-14-5-4-6-15(14)11-13/h2-3,7-12H,4-6H2,1H3. The van der Waals surface area contributed by atoms with Gasteiger partial charge in [-0.25, -0.2) is 0 Å². The smallest absolute Gasteiger partial charge is 0.211 e. The fourth-order valence-corrected chi connectivity index (χ4v) is 3.97. The largest absolute Gasteiger partial charge is 0.318 e. The minimum Gasteiger partial charge on any atom is -0.318 e. The minimum atomic E-state index is 0.915. The van der Waals surface area contributed by atoms with Crippen LogP contribution in [-0.4, -0.2) is 10.8 Å². The molecule has 3 nitrogen and oxygen atoms in total. The SMILES string of the molecule is Cn1c(=NN=Cc2ccc3c(c2)CCC3)sc2ccccc21. The zero-order valence-electron chi connectivity index (χ0n) is 12.5. The van der Waals surface area contributed by atoms with Crippen LogP contribution in [0.4, 0.5) is 0 Å². The predicted octanol–water partition coefficient (Wildman–Crippen LogP) is 3.66. The molecule has 0 amide bonds. The molecule has 0 fully saturated rings. The Hall–Kier alpha value is -2.20. The van der Waals surface area contributed by atoms with Crippen molar-refractivity contribution in [3.05, 3.63) is 64.0 Å². The quantitative estimate of drug-likeness (QED) is 0.511. The average molecular weight is 307 g/mol. The Morgan fingerprint density at radius 2 is 1.95 bits per heavy atom. The topological polar surface area (TPSA) is 29.6 Å². The summed E-state index contributed by atoms with van der Waals surface area (Å²) in [6.07, 6.45) is 5.54. The first-order chi connectivity index (χ1) is 10.8. The number of thiazole rings is 1. The number of nitrogens with zero attached hydrogens (tertiary/aromatic N) is 3. The number of benzene rings is 2. The van der Waals surface area contributed by atoms with Gasteiger partial charge in [0.15, 0.2) is 0 Å². The first-order valence-corrected chi connectivity index (χ1v) is 8.36. The summed E-state index contributed by atoms with van der Waals surface area (Å²) in [4.78, 5) is 0.915. The Bertz CT molecular complexity index is 931. The molecule has 0 radical (unpaired) electrons. The number of fused-ring (bicyclic) bond motifs is 2. The summed E-state index contributed by atoms with van der Waals surface area (Å²) < 4.78 is 3.32. The lowest BCUT2D eigenvalue weighted by atomic mass is 10.1. The number of hydrogen-bond donors (Lipinski definition) is 0. The lowest BCUT2D eigenvalue weighted by Crippen LogP contribution is -2.08. The van der Waals surface area contributed by atoms with E-state index in [0.717, 1.165) is 10.4 Å². The van der Waals surface area contributed by atoms with Crippen LogP contribution in [0.2, 0.25) is 0 Å².